The second-order valence-corrected chi connectivity index (χ2v) is 8.12. The van der Waals surface area contributed by atoms with E-state index in [1.165, 1.54) is 11.3 Å². The standard InChI is InChI=1S/C24H31N5O2/c1-18-7-4-9-21(15-18)29-14-13-28(17-19(29)2)12-6-11-25-24-26-23(27-31-24)20-8-5-10-22(16-20)30-3/h4-5,7-10,15-16,19H,6,11-14,17H2,1-3H3,(H,25,26,27)/t19-/m1/s1. The van der Waals surface area contributed by atoms with Crippen LogP contribution in [0.3, 0.4) is 0 Å². The first-order valence-electron chi connectivity index (χ1n) is 10.9. The average Bonchev–Trinajstić information content (AvgIpc) is 3.26. The van der Waals surface area contributed by atoms with Gasteiger partial charge in [0.2, 0.25) is 5.82 Å². The van der Waals surface area contributed by atoms with E-state index in [1.54, 1.807) is 7.11 Å². The molecule has 7 heteroatoms. The van der Waals surface area contributed by atoms with Gasteiger partial charge in [-0.1, -0.05) is 29.4 Å². The highest BCUT2D eigenvalue weighted by atomic mass is 16.5. The predicted octanol–water partition coefficient (Wildman–Crippen LogP) is 4.07. The van der Waals surface area contributed by atoms with E-state index < -0.39 is 0 Å². The van der Waals surface area contributed by atoms with Crippen molar-refractivity contribution in [1.29, 1.82) is 0 Å². The van der Waals surface area contributed by atoms with Gasteiger partial charge in [-0.3, -0.25) is 4.90 Å². The van der Waals surface area contributed by atoms with E-state index in [0.717, 1.165) is 50.5 Å². The number of anilines is 2. The number of aromatic nitrogens is 2. The minimum atomic E-state index is 0.454. The molecule has 1 N–H and O–H groups in total. The number of hydrogen-bond donors (Lipinski definition) is 1. The van der Waals surface area contributed by atoms with Crippen LogP contribution in [0.5, 0.6) is 5.75 Å². The summed E-state index contributed by atoms with van der Waals surface area (Å²) < 4.78 is 10.6. The van der Waals surface area contributed by atoms with Crippen molar-refractivity contribution in [3.05, 3.63) is 54.1 Å². The highest BCUT2D eigenvalue weighted by Crippen LogP contribution is 2.23. The normalized spacial score (nSPS) is 17.0. The predicted molar refractivity (Wildman–Crippen MR) is 124 cm³/mol. The van der Waals surface area contributed by atoms with Crippen molar-refractivity contribution in [2.45, 2.75) is 26.3 Å². The molecule has 2 aromatic carbocycles. The van der Waals surface area contributed by atoms with Gasteiger partial charge in [-0.15, -0.1) is 0 Å². The Morgan fingerprint density at radius 2 is 2.03 bits per heavy atom. The molecule has 4 rings (SSSR count). The zero-order valence-corrected chi connectivity index (χ0v) is 18.5. The van der Waals surface area contributed by atoms with Crippen molar-refractivity contribution in [1.82, 2.24) is 15.0 Å². The lowest BCUT2D eigenvalue weighted by Gasteiger charge is -2.41. The zero-order valence-electron chi connectivity index (χ0n) is 18.5. The number of piperazine rings is 1. The molecule has 7 nitrogen and oxygen atoms in total. The van der Waals surface area contributed by atoms with Crippen LogP contribution < -0.4 is 15.0 Å². The third-order valence-corrected chi connectivity index (χ3v) is 5.73. The topological polar surface area (TPSA) is 66.7 Å². The molecule has 0 bridgehead atoms. The Labute approximate surface area is 184 Å². The number of hydrogen-bond acceptors (Lipinski definition) is 7. The van der Waals surface area contributed by atoms with Gasteiger partial charge in [-0.25, -0.2) is 0 Å². The second-order valence-electron chi connectivity index (χ2n) is 8.12. The summed E-state index contributed by atoms with van der Waals surface area (Å²) in [7, 11) is 1.64. The summed E-state index contributed by atoms with van der Waals surface area (Å²) in [5, 5.41) is 7.31. The number of benzene rings is 2. The molecule has 0 spiro atoms. The van der Waals surface area contributed by atoms with Crippen LogP contribution >= 0.6 is 0 Å². The maximum absolute atomic E-state index is 5.34. The molecule has 3 aromatic rings. The van der Waals surface area contributed by atoms with E-state index in [0.29, 0.717) is 17.9 Å². The van der Waals surface area contributed by atoms with Crippen LogP contribution in [0.15, 0.2) is 53.1 Å². The fraction of sp³-hybridized carbons (Fsp3) is 0.417. The molecule has 1 saturated heterocycles. The first-order chi connectivity index (χ1) is 15.1. The van der Waals surface area contributed by atoms with E-state index in [-0.39, 0.29) is 0 Å². The van der Waals surface area contributed by atoms with E-state index in [2.05, 4.69) is 63.4 Å². The van der Waals surface area contributed by atoms with Gasteiger partial charge in [0.1, 0.15) is 5.75 Å². The molecular formula is C24H31N5O2. The summed E-state index contributed by atoms with van der Waals surface area (Å²) in [5.41, 5.74) is 3.52. The highest BCUT2D eigenvalue weighted by molar-refractivity contribution is 5.57. The van der Waals surface area contributed by atoms with Crippen molar-refractivity contribution >= 4 is 11.7 Å². The summed E-state index contributed by atoms with van der Waals surface area (Å²) >= 11 is 0. The van der Waals surface area contributed by atoms with Gasteiger partial charge in [0.15, 0.2) is 0 Å². The third-order valence-electron chi connectivity index (χ3n) is 5.73. The number of rotatable bonds is 8. The van der Waals surface area contributed by atoms with Crippen LogP contribution in [0.2, 0.25) is 0 Å². The molecule has 1 aliphatic rings. The summed E-state index contributed by atoms with van der Waals surface area (Å²) in [4.78, 5) is 9.49. The van der Waals surface area contributed by atoms with Gasteiger partial charge in [-0.05, 0) is 56.6 Å². The number of ether oxygens (including phenoxy) is 1. The smallest absolute Gasteiger partial charge is 0.321 e. The molecule has 0 aliphatic carbocycles. The molecule has 0 unspecified atom stereocenters. The summed E-state index contributed by atoms with van der Waals surface area (Å²) in [6.07, 6.45) is 1.02. The van der Waals surface area contributed by atoms with Gasteiger partial charge in [0.05, 0.1) is 7.11 Å². The molecule has 1 atom stereocenters. The maximum Gasteiger partial charge on any atom is 0.321 e. The summed E-state index contributed by atoms with van der Waals surface area (Å²) in [6, 6.07) is 17.4. The molecule has 2 heterocycles. The Kier molecular flexibility index (Phi) is 6.72. The minimum Gasteiger partial charge on any atom is -0.497 e. The van der Waals surface area contributed by atoms with Crippen molar-refractivity contribution in [3.63, 3.8) is 0 Å². The van der Waals surface area contributed by atoms with Crippen molar-refractivity contribution < 1.29 is 9.26 Å². The fourth-order valence-electron chi connectivity index (χ4n) is 4.10. The number of nitrogens with one attached hydrogen (secondary N) is 1. The lowest BCUT2D eigenvalue weighted by molar-refractivity contribution is 0.228. The Hall–Kier alpha value is -3.06. The van der Waals surface area contributed by atoms with Crippen molar-refractivity contribution in [2.24, 2.45) is 0 Å². The zero-order chi connectivity index (χ0) is 21.6. The lowest BCUT2D eigenvalue weighted by atomic mass is 10.1. The van der Waals surface area contributed by atoms with Gasteiger partial charge >= 0.3 is 6.01 Å². The number of aryl methyl sites for hydroxylation is 1. The molecule has 1 fully saturated rings. The number of nitrogens with zero attached hydrogens (tertiary/aromatic N) is 4. The molecule has 0 radical (unpaired) electrons. The molecule has 31 heavy (non-hydrogen) atoms. The van der Waals surface area contributed by atoms with Crippen LogP contribution in [-0.4, -0.2) is 60.9 Å². The van der Waals surface area contributed by atoms with Crippen LogP contribution in [0.25, 0.3) is 11.4 Å². The van der Waals surface area contributed by atoms with Crippen LogP contribution in [-0.2, 0) is 0 Å². The Balaban J connectivity index is 1.22. The first kappa shape index (κ1) is 21.2. The first-order valence-corrected chi connectivity index (χ1v) is 10.9. The van der Waals surface area contributed by atoms with Gasteiger partial charge < -0.3 is 19.5 Å². The molecule has 0 saturated carbocycles. The van der Waals surface area contributed by atoms with Gasteiger partial charge in [0, 0.05) is 43.5 Å². The van der Waals surface area contributed by atoms with E-state index >= 15 is 0 Å². The lowest BCUT2D eigenvalue weighted by Crippen LogP contribution is -2.52. The SMILES string of the molecule is COc1cccc(-c2noc(NCCCN3CCN(c4cccc(C)c4)[C@H](C)C3)n2)c1. The highest BCUT2D eigenvalue weighted by Gasteiger charge is 2.23. The van der Waals surface area contributed by atoms with E-state index in [4.69, 9.17) is 9.26 Å². The third kappa shape index (κ3) is 5.35. The molecular weight excluding hydrogens is 390 g/mol. The monoisotopic (exact) mass is 421 g/mol. The van der Waals surface area contributed by atoms with Gasteiger partial charge in [0.25, 0.3) is 0 Å². The average molecular weight is 422 g/mol. The van der Waals surface area contributed by atoms with Crippen molar-refractivity contribution in [3.8, 4) is 17.1 Å². The fourth-order valence-corrected chi connectivity index (χ4v) is 4.10. The number of methoxy groups -OCH3 is 1. The molecule has 164 valence electrons. The van der Waals surface area contributed by atoms with E-state index in [1.807, 2.05) is 24.3 Å². The Bertz CT molecular complexity index is 989. The van der Waals surface area contributed by atoms with Crippen LogP contribution in [0, 0.1) is 6.92 Å². The largest absolute Gasteiger partial charge is 0.497 e. The van der Waals surface area contributed by atoms with Crippen molar-refractivity contribution in [2.75, 3.05) is 50.1 Å². The van der Waals surface area contributed by atoms with Gasteiger partial charge in [-0.2, -0.15) is 4.98 Å². The maximum atomic E-state index is 5.34. The molecule has 1 aliphatic heterocycles. The van der Waals surface area contributed by atoms with E-state index in [9.17, 15) is 0 Å². The molecule has 1 aromatic heterocycles. The second kappa shape index (κ2) is 9.83. The summed E-state index contributed by atoms with van der Waals surface area (Å²) in [6.45, 7) is 9.53. The van der Waals surface area contributed by atoms with Crippen LogP contribution in [0.1, 0.15) is 18.9 Å². The molecule has 0 amide bonds. The Morgan fingerprint density at radius 1 is 1.16 bits per heavy atom. The summed E-state index contributed by atoms with van der Waals surface area (Å²) in [5.74, 6) is 1.33. The Morgan fingerprint density at radius 3 is 2.84 bits per heavy atom. The van der Waals surface area contributed by atoms with Crippen LogP contribution in [0.4, 0.5) is 11.7 Å². The minimum absolute atomic E-state index is 0.454. The quantitative estimate of drug-likeness (QED) is 0.550.